The molecule has 0 aliphatic rings. The fraction of sp³-hybridized carbons (Fsp3) is 0.786. The van der Waals surface area contributed by atoms with E-state index in [1.807, 2.05) is 0 Å². The van der Waals surface area contributed by atoms with E-state index < -0.39 is 0 Å². The van der Waals surface area contributed by atoms with Crippen molar-refractivity contribution in [2.45, 2.75) is 53.8 Å². The average molecular weight is 253 g/mol. The van der Waals surface area contributed by atoms with E-state index in [2.05, 4.69) is 56.1 Å². The summed E-state index contributed by atoms with van der Waals surface area (Å²) in [5, 5.41) is 7.43. The number of hydrogen-bond acceptors (Lipinski definition) is 4. The van der Waals surface area contributed by atoms with Gasteiger partial charge in [-0.05, 0) is 12.5 Å². The fourth-order valence-corrected chi connectivity index (χ4v) is 1.86. The lowest BCUT2D eigenvalue weighted by atomic mass is 10.2. The molecule has 0 bridgehead atoms. The van der Waals surface area contributed by atoms with Crippen LogP contribution in [0.2, 0.25) is 0 Å². The first-order chi connectivity index (χ1) is 8.51. The molecule has 0 saturated heterocycles. The van der Waals surface area contributed by atoms with Crippen LogP contribution in [0.1, 0.15) is 46.1 Å². The second-order valence-electron chi connectivity index (χ2n) is 5.54. The zero-order chi connectivity index (χ0) is 13.5. The molecular weight excluding hydrogens is 226 g/mol. The molecule has 0 radical (unpaired) electrons. The van der Waals surface area contributed by atoms with Crippen molar-refractivity contribution in [3.63, 3.8) is 0 Å². The van der Waals surface area contributed by atoms with Crippen LogP contribution in [0.3, 0.4) is 0 Å². The molecule has 18 heavy (non-hydrogen) atoms. The van der Waals surface area contributed by atoms with Crippen molar-refractivity contribution in [2.75, 3.05) is 13.1 Å². The van der Waals surface area contributed by atoms with Gasteiger partial charge in [0.25, 0.3) is 0 Å². The summed E-state index contributed by atoms with van der Waals surface area (Å²) < 4.78 is 5.38. The van der Waals surface area contributed by atoms with Crippen molar-refractivity contribution < 1.29 is 4.52 Å². The minimum Gasteiger partial charge on any atom is -0.360 e. The van der Waals surface area contributed by atoms with Crippen LogP contribution < -0.4 is 5.32 Å². The van der Waals surface area contributed by atoms with Gasteiger partial charge in [-0.15, -0.1) is 0 Å². The summed E-state index contributed by atoms with van der Waals surface area (Å²) in [6.45, 7) is 14.7. The lowest BCUT2D eigenvalue weighted by Gasteiger charge is -2.20. The van der Waals surface area contributed by atoms with E-state index >= 15 is 0 Å². The molecule has 0 aromatic carbocycles. The summed E-state index contributed by atoms with van der Waals surface area (Å²) in [7, 11) is 0. The van der Waals surface area contributed by atoms with Gasteiger partial charge in [-0.2, -0.15) is 0 Å². The number of nitrogens with zero attached hydrogens (tertiary/aromatic N) is 2. The van der Waals surface area contributed by atoms with Crippen LogP contribution in [-0.4, -0.2) is 29.2 Å². The maximum absolute atomic E-state index is 5.38. The Bertz CT molecular complexity index is 334. The second-order valence-corrected chi connectivity index (χ2v) is 5.54. The third-order valence-corrected chi connectivity index (χ3v) is 2.75. The highest BCUT2D eigenvalue weighted by atomic mass is 16.5. The van der Waals surface area contributed by atoms with Crippen molar-refractivity contribution in [3.8, 4) is 0 Å². The summed E-state index contributed by atoms with van der Waals surface area (Å²) in [6, 6.07) is 2.52. The van der Waals surface area contributed by atoms with E-state index in [1.165, 1.54) is 0 Å². The first-order valence-electron chi connectivity index (χ1n) is 6.91. The molecule has 0 aliphatic carbocycles. The highest BCUT2D eigenvalue weighted by molar-refractivity contribution is 5.05. The lowest BCUT2D eigenvalue weighted by molar-refractivity contribution is 0.218. The van der Waals surface area contributed by atoms with Gasteiger partial charge >= 0.3 is 0 Å². The van der Waals surface area contributed by atoms with Crippen LogP contribution in [0.5, 0.6) is 0 Å². The lowest BCUT2D eigenvalue weighted by Crippen LogP contribution is -2.26. The Labute approximate surface area is 111 Å². The molecule has 0 spiro atoms. The minimum absolute atomic E-state index is 0.471. The van der Waals surface area contributed by atoms with Gasteiger partial charge in [0, 0.05) is 25.2 Å². The van der Waals surface area contributed by atoms with Gasteiger partial charge in [0.05, 0.1) is 12.2 Å². The van der Waals surface area contributed by atoms with Crippen LogP contribution in [-0.2, 0) is 13.1 Å². The molecule has 0 atom stereocenters. The molecule has 4 nitrogen and oxygen atoms in total. The van der Waals surface area contributed by atoms with Crippen molar-refractivity contribution in [3.05, 3.63) is 17.5 Å². The van der Waals surface area contributed by atoms with E-state index in [1.54, 1.807) is 0 Å². The highest BCUT2D eigenvalue weighted by Gasteiger charge is 2.10. The van der Waals surface area contributed by atoms with E-state index in [9.17, 15) is 0 Å². The van der Waals surface area contributed by atoms with E-state index in [0.717, 1.165) is 37.6 Å². The van der Waals surface area contributed by atoms with Crippen molar-refractivity contribution in [1.82, 2.24) is 15.4 Å². The SMILES string of the molecule is CCN(Cc1cc(CNC(C)C)no1)CC(C)C. The average Bonchev–Trinajstić information content (AvgIpc) is 2.72. The second kappa shape index (κ2) is 7.54. The summed E-state index contributed by atoms with van der Waals surface area (Å²) >= 11 is 0. The van der Waals surface area contributed by atoms with Crippen LogP contribution in [0.15, 0.2) is 10.6 Å². The molecule has 0 fully saturated rings. The predicted octanol–water partition coefficient (Wildman–Crippen LogP) is 2.65. The fourth-order valence-electron chi connectivity index (χ4n) is 1.86. The standard InChI is InChI=1S/C14H27N3O/c1-6-17(9-11(2)3)10-14-7-13(16-18-14)8-15-12(4)5/h7,11-12,15H,6,8-10H2,1-5H3. The van der Waals surface area contributed by atoms with Crippen molar-refractivity contribution in [1.29, 1.82) is 0 Å². The van der Waals surface area contributed by atoms with Crippen LogP contribution in [0.4, 0.5) is 0 Å². The quantitative estimate of drug-likeness (QED) is 0.773. The Balaban J connectivity index is 2.46. The number of aromatic nitrogens is 1. The van der Waals surface area contributed by atoms with Gasteiger partial charge in [-0.25, -0.2) is 0 Å². The molecule has 0 unspecified atom stereocenters. The van der Waals surface area contributed by atoms with Crippen molar-refractivity contribution >= 4 is 0 Å². The van der Waals surface area contributed by atoms with Crippen LogP contribution >= 0.6 is 0 Å². The molecular formula is C14H27N3O. The highest BCUT2D eigenvalue weighted by Crippen LogP contribution is 2.09. The smallest absolute Gasteiger partial charge is 0.151 e. The topological polar surface area (TPSA) is 41.3 Å². The summed E-state index contributed by atoms with van der Waals surface area (Å²) in [5.41, 5.74) is 0.985. The Hall–Kier alpha value is -0.870. The van der Waals surface area contributed by atoms with Gasteiger partial charge in [0.2, 0.25) is 0 Å². The third-order valence-electron chi connectivity index (χ3n) is 2.75. The van der Waals surface area contributed by atoms with E-state index in [-0.39, 0.29) is 0 Å². The monoisotopic (exact) mass is 253 g/mol. The van der Waals surface area contributed by atoms with Crippen LogP contribution in [0, 0.1) is 5.92 Å². The number of nitrogens with one attached hydrogen (secondary N) is 1. The molecule has 1 heterocycles. The summed E-state index contributed by atoms with van der Waals surface area (Å²) in [6.07, 6.45) is 0. The normalized spacial score (nSPS) is 12.0. The largest absolute Gasteiger partial charge is 0.360 e. The zero-order valence-corrected chi connectivity index (χ0v) is 12.4. The molecule has 0 amide bonds. The minimum atomic E-state index is 0.471. The Morgan fingerprint density at radius 2 is 2.06 bits per heavy atom. The first kappa shape index (κ1) is 15.2. The number of hydrogen-bond donors (Lipinski definition) is 1. The Kier molecular flexibility index (Phi) is 6.36. The number of rotatable bonds is 8. The van der Waals surface area contributed by atoms with Gasteiger partial charge in [0.1, 0.15) is 0 Å². The van der Waals surface area contributed by atoms with Gasteiger partial charge in [0.15, 0.2) is 5.76 Å². The first-order valence-corrected chi connectivity index (χ1v) is 6.91. The summed E-state index contributed by atoms with van der Waals surface area (Å²) in [5.74, 6) is 1.63. The molecule has 104 valence electrons. The molecule has 1 aromatic rings. The Morgan fingerprint density at radius 3 is 2.61 bits per heavy atom. The molecule has 0 aliphatic heterocycles. The molecule has 4 heteroatoms. The van der Waals surface area contributed by atoms with Crippen LogP contribution in [0.25, 0.3) is 0 Å². The molecule has 1 rings (SSSR count). The third kappa shape index (κ3) is 5.65. The van der Waals surface area contributed by atoms with Gasteiger partial charge in [-0.1, -0.05) is 39.8 Å². The maximum Gasteiger partial charge on any atom is 0.151 e. The van der Waals surface area contributed by atoms with Gasteiger partial charge < -0.3 is 9.84 Å². The van der Waals surface area contributed by atoms with Gasteiger partial charge in [-0.3, -0.25) is 4.90 Å². The Morgan fingerprint density at radius 1 is 1.33 bits per heavy atom. The van der Waals surface area contributed by atoms with E-state index in [4.69, 9.17) is 4.52 Å². The molecule has 1 N–H and O–H groups in total. The van der Waals surface area contributed by atoms with E-state index in [0.29, 0.717) is 12.0 Å². The predicted molar refractivity (Wildman–Crippen MR) is 74.3 cm³/mol. The maximum atomic E-state index is 5.38. The molecule has 0 saturated carbocycles. The summed E-state index contributed by atoms with van der Waals surface area (Å²) in [4.78, 5) is 2.38. The molecule has 1 aromatic heterocycles. The zero-order valence-electron chi connectivity index (χ0n) is 12.4. The van der Waals surface area contributed by atoms with Crippen molar-refractivity contribution in [2.24, 2.45) is 5.92 Å².